The van der Waals surface area contributed by atoms with E-state index in [9.17, 15) is 9.59 Å². The van der Waals surface area contributed by atoms with Crippen molar-refractivity contribution in [1.29, 1.82) is 0 Å². The summed E-state index contributed by atoms with van der Waals surface area (Å²) in [5.74, 6) is 0.789. The Balaban J connectivity index is 1.42. The van der Waals surface area contributed by atoms with Gasteiger partial charge in [-0.25, -0.2) is 4.79 Å². The van der Waals surface area contributed by atoms with Gasteiger partial charge in [0, 0.05) is 26.1 Å². The molecule has 32 heavy (non-hydrogen) atoms. The van der Waals surface area contributed by atoms with Crippen molar-refractivity contribution in [3.8, 4) is 5.75 Å². The van der Waals surface area contributed by atoms with Gasteiger partial charge in [0.1, 0.15) is 5.75 Å². The van der Waals surface area contributed by atoms with Crippen LogP contribution in [0.3, 0.4) is 0 Å². The SMILES string of the molecule is CCn1c(=O)n(CCC(=O)NCC(c2ccc(OC)cc2)N2CCCC2)c2ccccc21. The number of nitrogens with one attached hydrogen (secondary N) is 1. The number of aromatic nitrogens is 2. The van der Waals surface area contributed by atoms with E-state index >= 15 is 0 Å². The van der Waals surface area contributed by atoms with Crippen molar-refractivity contribution in [2.75, 3.05) is 26.7 Å². The van der Waals surface area contributed by atoms with Gasteiger partial charge < -0.3 is 10.1 Å². The number of nitrogens with zero attached hydrogens (tertiary/aromatic N) is 3. The summed E-state index contributed by atoms with van der Waals surface area (Å²) in [5.41, 5.74) is 2.90. The molecule has 2 heterocycles. The highest BCUT2D eigenvalue weighted by Crippen LogP contribution is 2.26. The molecule has 0 aliphatic carbocycles. The summed E-state index contributed by atoms with van der Waals surface area (Å²) in [7, 11) is 1.66. The number of benzene rings is 2. The zero-order valence-corrected chi connectivity index (χ0v) is 18.9. The number of imidazole rings is 1. The van der Waals surface area contributed by atoms with Crippen LogP contribution in [-0.2, 0) is 17.9 Å². The fourth-order valence-corrected chi connectivity index (χ4v) is 4.64. The Bertz CT molecular complexity index is 1110. The van der Waals surface area contributed by atoms with Gasteiger partial charge in [-0.15, -0.1) is 0 Å². The minimum Gasteiger partial charge on any atom is -0.497 e. The first-order valence-electron chi connectivity index (χ1n) is 11.4. The second-order valence-electron chi connectivity index (χ2n) is 8.25. The Hall–Kier alpha value is -3.06. The minimum atomic E-state index is -0.0605. The number of ether oxygens (including phenoxy) is 1. The van der Waals surface area contributed by atoms with Crippen LogP contribution in [-0.4, -0.2) is 46.7 Å². The van der Waals surface area contributed by atoms with E-state index in [4.69, 9.17) is 4.74 Å². The molecule has 0 spiro atoms. The van der Waals surface area contributed by atoms with E-state index in [2.05, 4.69) is 22.3 Å². The summed E-state index contributed by atoms with van der Waals surface area (Å²) in [5, 5.41) is 3.11. The summed E-state index contributed by atoms with van der Waals surface area (Å²) in [6.07, 6.45) is 2.64. The molecule has 1 amide bonds. The van der Waals surface area contributed by atoms with Gasteiger partial charge in [0.05, 0.1) is 24.2 Å². The zero-order chi connectivity index (χ0) is 22.5. The monoisotopic (exact) mass is 436 g/mol. The summed E-state index contributed by atoms with van der Waals surface area (Å²) < 4.78 is 8.74. The predicted octanol–water partition coefficient (Wildman–Crippen LogP) is 3.17. The Morgan fingerprint density at radius 2 is 1.69 bits per heavy atom. The van der Waals surface area contributed by atoms with Crippen LogP contribution in [0.4, 0.5) is 0 Å². The van der Waals surface area contributed by atoms with Crippen LogP contribution in [0.15, 0.2) is 53.3 Å². The normalized spacial score (nSPS) is 15.2. The van der Waals surface area contributed by atoms with Gasteiger partial charge in [-0.3, -0.25) is 18.8 Å². The van der Waals surface area contributed by atoms with E-state index in [1.54, 1.807) is 16.2 Å². The lowest BCUT2D eigenvalue weighted by Crippen LogP contribution is -2.37. The maximum Gasteiger partial charge on any atom is 0.329 e. The number of amides is 1. The molecule has 1 atom stereocenters. The van der Waals surface area contributed by atoms with E-state index < -0.39 is 0 Å². The van der Waals surface area contributed by atoms with E-state index in [0.717, 1.165) is 29.9 Å². The number of rotatable bonds is 9. The highest BCUT2D eigenvalue weighted by atomic mass is 16.5. The van der Waals surface area contributed by atoms with Crippen molar-refractivity contribution in [3.05, 3.63) is 64.6 Å². The summed E-state index contributed by atoms with van der Waals surface area (Å²) in [6.45, 7) is 5.57. The third-order valence-corrected chi connectivity index (χ3v) is 6.38. The molecular weight excluding hydrogens is 404 g/mol. The lowest BCUT2D eigenvalue weighted by atomic mass is 10.1. The van der Waals surface area contributed by atoms with E-state index in [0.29, 0.717) is 19.6 Å². The highest BCUT2D eigenvalue weighted by Gasteiger charge is 2.24. The molecule has 2 aromatic carbocycles. The lowest BCUT2D eigenvalue weighted by molar-refractivity contribution is -0.121. The largest absolute Gasteiger partial charge is 0.497 e. The zero-order valence-electron chi connectivity index (χ0n) is 18.9. The molecule has 3 aromatic rings. The van der Waals surface area contributed by atoms with Crippen LogP contribution >= 0.6 is 0 Å². The molecule has 7 nitrogen and oxygen atoms in total. The van der Waals surface area contributed by atoms with E-state index in [1.807, 2.05) is 43.3 Å². The Morgan fingerprint density at radius 1 is 1.03 bits per heavy atom. The fraction of sp³-hybridized carbons (Fsp3) is 0.440. The van der Waals surface area contributed by atoms with Crippen molar-refractivity contribution < 1.29 is 9.53 Å². The minimum absolute atomic E-state index is 0.0389. The molecular formula is C25H32N4O3. The van der Waals surface area contributed by atoms with Crippen molar-refractivity contribution in [2.45, 2.75) is 45.3 Å². The van der Waals surface area contributed by atoms with Gasteiger partial charge in [0.2, 0.25) is 5.91 Å². The maximum absolute atomic E-state index is 12.8. The Morgan fingerprint density at radius 3 is 2.31 bits per heavy atom. The second kappa shape index (κ2) is 10.0. The molecule has 1 aromatic heterocycles. The lowest BCUT2D eigenvalue weighted by Gasteiger charge is -2.28. The quantitative estimate of drug-likeness (QED) is 0.559. The summed E-state index contributed by atoms with van der Waals surface area (Å²) in [6, 6.07) is 16.0. The number of carbonyl (C=O) groups is 1. The topological polar surface area (TPSA) is 68.5 Å². The van der Waals surface area contributed by atoms with Gasteiger partial charge in [0.15, 0.2) is 0 Å². The van der Waals surface area contributed by atoms with E-state index in [-0.39, 0.29) is 24.1 Å². The number of hydrogen-bond acceptors (Lipinski definition) is 4. The van der Waals surface area contributed by atoms with Gasteiger partial charge in [-0.1, -0.05) is 24.3 Å². The number of hydrogen-bond donors (Lipinski definition) is 1. The fourth-order valence-electron chi connectivity index (χ4n) is 4.64. The van der Waals surface area contributed by atoms with Crippen LogP contribution in [0.5, 0.6) is 5.75 Å². The molecule has 4 rings (SSSR count). The molecule has 7 heteroatoms. The summed E-state index contributed by atoms with van der Waals surface area (Å²) in [4.78, 5) is 27.9. The number of fused-ring (bicyclic) bond motifs is 1. The molecule has 1 saturated heterocycles. The average Bonchev–Trinajstić information content (AvgIpc) is 3.44. The number of methoxy groups -OCH3 is 1. The molecule has 1 N–H and O–H groups in total. The van der Waals surface area contributed by atoms with Gasteiger partial charge in [-0.2, -0.15) is 0 Å². The predicted molar refractivity (Wildman–Crippen MR) is 126 cm³/mol. The van der Waals surface area contributed by atoms with Crippen LogP contribution in [0.25, 0.3) is 11.0 Å². The maximum atomic E-state index is 12.8. The first-order chi connectivity index (χ1) is 15.6. The first kappa shape index (κ1) is 22.1. The van der Waals surface area contributed by atoms with Gasteiger partial charge in [-0.05, 0) is 62.7 Å². The number of aryl methyl sites for hydroxylation is 2. The standard InChI is InChI=1S/C25H32N4O3/c1-3-28-21-8-4-5-9-22(21)29(25(28)31)17-14-24(30)26-18-23(27-15-6-7-16-27)19-10-12-20(32-2)13-11-19/h4-5,8-13,23H,3,6-7,14-18H2,1-2H3,(H,26,30). The van der Waals surface area contributed by atoms with Crippen LogP contribution in [0.1, 0.15) is 37.8 Å². The van der Waals surface area contributed by atoms with Gasteiger partial charge in [0.25, 0.3) is 0 Å². The van der Waals surface area contributed by atoms with Crippen LogP contribution < -0.4 is 15.7 Å². The number of carbonyl (C=O) groups excluding carboxylic acids is 1. The van der Waals surface area contributed by atoms with Crippen molar-refractivity contribution >= 4 is 16.9 Å². The molecule has 1 unspecified atom stereocenters. The Kier molecular flexibility index (Phi) is 6.95. The molecule has 0 saturated carbocycles. The molecule has 170 valence electrons. The Labute approximate surface area is 188 Å². The van der Waals surface area contributed by atoms with Crippen molar-refractivity contribution in [2.24, 2.45) is 0 Å². The molecule has 1 aliphatic heterocycles. The molecule has 0 bridgehead atoms. The third-order valence-electron chi connectivity index (χ3n) is 6.38. The number of para-hydroxylation sites is 2. The van der Waals surface area contributed by atoms with Crippen LogP contribution in [0, 0.1) is 0 Å². The summed E-state index contributed by atoms with van der Waals surface area (Å²) >= 11 is 0. The van der Waals surface area contributed by atoms with Crippen LogP contribution in [0.2, 0.25) is 0 Å². The molecule has 1 aliphatic rings. The van der Waals surface area contributed by atoms with E-state index in [1.165, 1.54) is 18.4 Å². The first-order valence-corrected chi connectivity index (χ1v) is 11.4. The second-order valence-corrected chi connectivity index (χ2v) is 8.25. The molecule has 0 radical (unpaired) electrons. The van der Waals surface area contributed by atoms with Crippen molar-refractivity contribution in [3.63, 3.8) is 0 Å². The number of likely N-dealkylation sites (tertiary alicyclic amines) is 1. The highest BCUT2D eigenvalue weighted by molar-refractivity contribution is 5.78. The van der Waals surface area contributed by atoms with Crippen molar-refractivity contribution in [1.82, 2.24) is 19.4 Å². The smallest absolute Gasteiger partial charge is 0.329 e. The average molecular weight is 437 g/mol. The van der Waals surface area contributed by atoms with Gasteiger partial charge >= 0.3 is 5.69 Å². The molecule has 1 fully saturated rings. The third kappa shape index (κ3) is 4.58.